The third-order valence-corrected chi connectivity index (χ3v) is 2.42. The summed E-state index contributed by atoms with van der Waals surface area (Å²) in [5, 5.41) is 1.44. The molecule has 0 fully saturated rings. The van der Waals surface area contributed by atoms with Gasteiger partial charge in [-0.05, 0) is 34.1 Å². The van der Waals surface area contributed by atoms with Gasteiger partial charge in [-0.25, -0.2) is 9.97 Å². The molecule has 60 valence electrons. The minimum atomic E-state index is 0.466. The number of aromatic nitrogens is 2. The molecule has 0 saturated heterocycles. The highest BCUT2D eigenvalue weighted by Crippen LogP contribution is 2.21. The van der Waals surface area contributed by atoms with Gasteiger partial charge < -0.3 is 0 Å². The highest BCUT2D eigenvalue weighted by atomic mass is 79.9. The molecule has 2 heterocycles. The summed E-state index contributed by atoms with van der Waals surface area (Å²) in [5.41, 5.74) is 0.664. The van der Waals surface area contributed by atoms with E-state index in [0.717, 1.165) is 9.86 Å². The normalized spacial score (nSPS) is 10.5. The molecule has 0 unspecified atom stereocenters. The summed E-state index contributed by atoms with van der Waals surface area (Å²) < 4.78 is 0.983. The van der Waals surface area contributed by atoms with Crippen LogP contribution in [0.3, 0.4) is 0 Å². The number of halogens is 2. The second kappa shape index (κ2) is 2.99. The van der Waals surface area contributed by atoms with E-state index in [0.29, 0.717) is 10.8 Å². The van der Waals surface area contributed by atoms with Gasteiger partial charge in [-0.3, -0.25) is 0 Å². The summed E-state index contributed by atoms with van der Waals surface area (Å²) >= 11 is 9.10. The van der Waals surface area contributed by atoms with Gasteiger partial charge in [0.1, 0.15) is 5.15 Å². The summed E-state index contributed by atoms with van der Waals surface area (Å²) in [7, 11) is 0. The zero-order valence-corrected chi connectivity index (χ0v) is 8.30. The molecule has 12 heavy (non-hydrogen) atoms. The van der Waals surface area contributed by atoms with Gasteiger partial charge in [-0.15, -0.1) is 0 Å². The number of fused-ring (bicyclic) bond motifs is 1. The lowest BCUT2D eigenvalue weighted by Gasteiger charge is -1.97. The molecular weight excluding hydrogens is 239 g/mol. The maximum Gasteiger partial charge on any atom is 0.161 e. The first-order valence-electron chi connectivity index (χ1n) is 3.34. The molecule has 2 nitrogen and oxygen atoms in total. The standard InChI is InChI=1S/C8H4BrClN2/c9-6-3-4-11-8-5(6)1-2-7(10)12-8/h1-4H. The lowest BCUT2D eigenvalue weighted by atomic mass is 10.3. The van der Waals surface area contributed by atoms with Crippen molar-refractivity contribution < 1.29 is 0 Å². The van der Waals surface area contributed by atoms with E-state index in [4.69, 9.17) is 11.6 Å². The molecule has 0 aliphatic heterocycles. The lowest BCUT2D eigenvalue weighted by molar-refractivity contribution is 1.28. The van der Waals surface area contributed by atoms with Gasteiger partial charge in [0.15, 0.2) is 5.65 Å². The molecule has 0 spiro atoms. The summed E-state index contributed by atoms with van der Waals surface area (Å²) in [6, 6.07) is 5.51. The zero-order chi connectivity index (χ0) is 8.55. The quantitative estimate of drug-likeness (QED) is 0.665. The molecular formula is C8H4BrClN2. The van der Waals surface area contributed by atoms with Crippen LogP contribution in [0.15, 0.2) is 28.9 Å². The maximum absolute atomic E-state index is 5.70. The number of hydrogen-bond donors (Lipinski definition) is 0. The largest absolute Gasteiger partial charge is 0.237 e. The zero-order valence-electron chi connectivity index (χ0n) is 5.96. The average molecular weight is 243 g/mol. The van der Waals surface area contributed by atoms with E-state index < -0.39 is 0 Å². The van der Waals surface area contributed by atoms with Crippen molar-refractivity contribution in [3.63, 3.8) is 0 Å². The third-order valence-electron chi connectivity index (χ3n) is 1.52. The summed E-state index contributed by atoms with van der Waals surface area (Å²) in [6.45, 7) is 0. The third kappa shape index (κ3) is 1.30. The predicted molar refractivity (Wildman–Crippen MR) is 52.2 cm³/mol. The molecule has 0 radical (unpaired) electrons. The lowest BCUT2D eigenvalue weighted by Crippen LogP contribution is -1.83. The fraction of sp³-hybridized carbons (Fsp3) is 0. The highest BCUT2D eigenvalue weighted by molar-refractivity contribution is 9.10. The Morgan fingerprint density at radius 3 is 2.92 bits per heavy atom. The van der Waals surface area contributed by atoms with Crippen molar-refractivity contribution in [1.29, 1.82) is 0 Å². The van der Waals surface area contributed by atoms with Crippen LogP contribution in [0, 0.1) is 0 Å². The van der Waals surface area contributed by atoms with Gasteiger partial charge in [-0.2, -0.15) is 0 Å². The van der Waals surface area contributed by atoms with Crippen LogP contribution in [0.4, 0.5) is 0 Å². The Hall–Kier alpha value is -0.670. The molecule has 0 aliphatic rings. The first kappa shape index (κ1) is 7.95. The molecule has 4 heteroatoms. The fourth-order valence-electron chi connectivity index (χ4n) is 0.973. The second-order valence-corrected chi connectivity index (χ2v) is 3.54. The second-order valence-electron chi connectivity index (χ2n) is 2.30. The molecule has 2 aromatic rings. The van der Waals surface area contributed by atoms with Gasteiger partial charge in [-0.1, -0.05) is 11.6 Å². The predicted octanol–water partition coefficient (Wildman–Crippen LogP) is 3.05. The van der Waals surface area contributed by atoms with E-state index in [1.807, 2.05) is 12.1 Å². The van der Waals surface area contributed by atoms with Gasteiger partial charge in [0.05, 0.1) is 0 Å². The van der Waals surface area contributed by atoms with Crippen molar-refractivity contribution in [1.82, 2.24) is 9.97 Å². The van der Waals surface area contributed by atoms with Crippen LogP contribution in [-0.4, -0.2) is 9.97 Å². The van der Waals surface area contributed by atoms with E-state index in [2.05, 4.69) is 25.9 Å². The molecule has 2 rings (SSSR count). The number of nitrogens with zero attached hydrogens (tertiary/aromatic N) is 2. The molecule has 0 atom stereocenters. The summed E-state index contributed by atoms with van der Waals surface area (Å²) in [4.78, 5) is 8.14. The summed E-state index contributed by atoms with van der Waals surface area (Å²) in [6.07, 6.45) is 1.69. The van der Waals surface area contributed by atoms with Gasteiger partial charge in [0, 0.05) is 16.1 Å². The molecule has 0 amide bonds. The van der Waals surface area contributed by atoms with Crippen molar-refractivity contribution in [2.24, 2.45) is 0 Å². The van der Waals surface area contributed by atoms with Crippen LogP contribution >= 0.6 is 27.5 Å². The summed E-state index contributed by atoms with van der Waals surface area (Å²) in [5.74, 6) is 0. The van der Waals surface area contributed by atoms with Crippen molar-refractivity contribution >= 4 is 38.6 Å². The molecule has 0 aromatic carbocycles. The van der Waals surface area contributed by atoms with Crippen LogP contribution in [0.1, 0.15) is 0 Å². The van der Waals surface area contributed by atoms with Gasteiger partial charge in [0.25, 0.3) is 0 Å². The van der Waals surface area contributed by atoms with Crippen LogP contribution in [0.2, 0.25) is 5.15 Å². The van der Waals surface area contributed by atoms with Crippen LogP contribution in [0.25, 0.3) is 11.0 Å². The van der Waals surface area contributed by atoms with E-state index in [1.165, 1.54) is 0 Å². The minimum Gasteiger partial charge on any atom is -0.237 e. The topological polar surface area (TPSA) is 25.8 Å². The van der Waals surface area contributed by atoms with Crippen molar-refractivity contribution in [3.05, 3.63) is 34.0 Å². The Morgan fingerprint density at radius 1 is 1.25 bits per heavy atom. The molecule has 0 N–H and O–H groups in total. The highest BCUT2D eigenvalue weighted by Gasteiger charge is 1.99. The molecule has 0 saturated carbocycles. The van der Waals surface area contributed by atoms with Crippen molar-refractivity contribution in [2.75, 3.05) is 0 Å². The molecule has 0 bridgehead atoms. The minimum absolute atomic E-state index is 0.466. The van der Waals surface area contributed by atoms with E-state index in [9.17, 15) is 0 Å². The van der Waals surface area contributed by atoms with Crippen LogP contribution < -0.4 is 0 Å². The number of rotatable bonds is 0. The van der Waals surface area contributed by atoms with Gasteiger partial charge >= 0.3 is 0 Å². The first-order chi connectivity index (χ1) is 5.77. The molecule has 0 aliphatic carbocycles. The fourth-order valence-corrected chi connectivity index (χ4v) is 1.54. The Labute approximate surface area is 82.7 Å². The molecule has 2 aromatic heterocycles. The van der Waals surface area contributed by atoms with E-state index >= 15 is 0 Å². The average Bonchev–Trinajstić information content (AvgIpc) is 2.04. The Bertz CT molecular complexity index is 430. The van der Waals surface area contributed by atoms with E-state index in [1.54, 1.807) is 12.3 Å². The van der Waals surface area contributed by atoms with Gasteiger partial charge in [0.2, 0.25) is 0 Å². The van der Waals surface area contributed by atoms with E-state index in [-0.39, 0.29) is 0 Å². The Balaban J connectivity index is 2.86. The van der Waals surface area contributed by atoms with Crippen LogP contribution in [0.5, 0.6) is 0 Å². The monoisotopic (exact) mass is 242 g/mol. The van der Waals surface area contributed by atoms with Crippen molar-refractivity contribution in [2.45, 2.75) is 0 Å². The number of hydrogen-bond acceptors (Lipinski definition) is 2. The SMILES string of the molecule is Clc1ccc2c(Br)ccnc2n1. The van der Waals surface area contributed by atoms with Crippen molar-refractivity contribution in [3.8, 4) is 0 Å². The number of pyridine rings is 2. The first-order valence-corrected chi connectivity index (χ1v) is 4.51. The Morgan fingerprint density at radius 2 is 2.08 bits per heavy atom. The Kier molecular flexibility index (Phi) is 1.98. The van der Waals surface area contributed by atoms with Crippen LogP contribution in [-0.2, 0) is 0 Å². The smallest absolute Gasteiger partial charge is 0.161 e. The maximum atomic E-state index is 5.70.